The fourth-order valence-corrected chi connectivity index (χ4v) is 2.07. The van der Waals surface area contributed by atoms with Crippen LogP contribution in [0.4, 0.5) is 10.5 Å². The number of hydrogen-bond acceptors (Lipinski definition) is 7. The van der Waals surface area contributed by atoms with E-state index in [4.69, 9.17) is 14.2 Å². The first-order chi connectivity index (χ1) is 12.6. The molecule has 0 saturated carbocycles. The molecule has 1 aromatic rings. The van der Waals surface area contributed by atoms with Crippen LogP contribution in [0.15, 0.2) is 12.1 Å². The third-order valence-electron chi connectivity index (χ3n) is 4.19. The normalized spacial score (nSPS) is 10.9. The minimum Gasteiger partial charge on any atom is -0.496 e. The lowest BCUT2D eigenvalue weighted by Crippen LogP contribution is -2.31. The first kappa shape index (κ1) is 22.2. The van der Waals surface area contributed by atoms with Gasteiger partial charge in [-0.3, -0.25) is 14.9 Å². The summed E-state index contributed by atoms with van der Waals surface area (Å²) in [6.07, 6.45) is -0.120. The number of benzene rings is 1. The van der Waals surface area contributed by atoms with Gasteiger partial charge in [0.25, 0.3) is 5.69 Å². The van der Waals surface area contributed by atoms with Crippen molar-refractivity contribution in [1.82, 2.24) is 5.32 Å². The molecule has 0 heterocycles. The van der Waals surface area contributed by atoms with Crippen LogP contribution in [0.3, 0.4) is 0 Å². The Kier molecular flexibility index (Phi) is 8.01. The number of esters is 1. The van der Waals surface area contributed by atoms with E-state index in [1.54, 1.807) is 26.8 Å². The van der Waals surface area contributed by atoms with E-state index in [0.717, 1.165) is 0 Å². The summed E-state index contributed by atoms with van der Waals surface area (Å²) in [4.78, 5) is 34.1. The van der Waals surface area contributed by atoms with Gasteiger partial charge in [-0.1, -0.05) is 6.92 Å². The molecule has 1 N–H and O–H groups in total. The van der Waals surface area contributed by atoms with E-state index in [1.165, 1.54) is 13.2 Å². The van der Waals surface area contributed by atoms with Crippen LogP contribution in [-0.2, 0) is 20.9 Å². The van der Waals surface area contributed by atoms with Crippen molar-refractivity contribution < 1.29 is 28.7 Å². The predicted molar refractivity (Wildman–Crippen MR) is 97.6 cm³/mol. The number of aryl methyl sites for hydroxylation is 1. The van der Waals surface area contributed by atoms with Crippen molar-refractivity contribution in [1.29, 1.82) is 0 Å². The average molecular weight is 382 g/mol. The van der Waals surface area contributed by atoms with Gasteiger partial charge in [0.1, 0.15) is 19.0 Å². The van der Waals surface area contributed by atoms with Gasteiger partial charge in [-0.2, -0.15) is 0 Å². The summed E-state index contributed by atoms with van der Waals surface area (Å²) in [7, 11) is 1.42. The molecule has 0 spiro atoms. The van der Waals surface area contributed by atoms with E-state index >= 15 is 0 Å². The summed E-state index contributed by atoms with van der Waals surface area (Å²) in [5.74, 6) is 0.0382. The molecule has 0 fully saturated rings. The monoisotopic (exact) mass is 382 g/mol. The van der Waals surface area contributed by atoms with Gasteiger partial charge in [-0.25, -0.2) is 4.79 Å². The summed E-state index contributed by atoms with van der Waals surface area (Å²) in [5, 5.41) is 13.6. The molecule has 0 aliphatic heterocycles. The lowest BCUT2D eigenvalue weighted by atomic mass is 9.91. The van der Waals surface area contributed by atoms with Crippen molar-refractivity contribution in [2.45, 2.75) is 40.7 Å². The van der Waals surface area contributed by atoms with Gasteiger partial charge in [-0.05, 0) is 38.8 Å². The van der Waals surface area contributed by atoms with Crippen molar-refractivity contribution in [3.63, 3.8) is 0 Å². The molecule has 1 rings (SSSR count). The molecular weight excluding hydrogens is 356 g/mol. The first-order valence-electron chi connectivity index (χ1n) is 8.52. The molecule has 0 saturated heterocycles. The molecule has 27 heavy (non-hydrogen) atoms. The molecule has 0 unspecified atom stereocenters. The number of ether oxygens (including phenoxy) is 3. The number of methoxy groups -OCH3 is 1. The van der Waals surface area contributed by atoms with Crippen molar-refractivity contribution in [3.05, 3.63) is 33.4 Å². The van der Waals surface area contributed by atoms with Crippen LogP contribution in [0, 0.1) is 22.5 Å². The molecule has 0 bridgehead atoms. The van der Waals surface area contributed by atoms with Crippen molar-refractivity contribution in [2.75, 3.05) is 20.3 Å². The lowest BCUT2D eigenvalue weighted by molar-refractivity contribution is -0.385. The Labute approximate surface area is 158 Å². The SMILES string of the molecule is CCC(C)(C)C(=O)OCCNC(=O)OCc1cc(C)c(OC)cc1[N+](=O)[O-]. The van der Waals surface area contributed by atoms with E-state index in [1.807, 2.05) is 6.92 Å². The average Bonchev–Trinajstić information content (AvgIpc) is 2.62. The van der Waals surface area contributed by atoms with E-state index in [0.29, 0.717) is 17.7 Å². The van der Waals surface area contributed by atoms with Crippen LogP contribution in [-0.4, -0.2) is 37.2 Å². The molecule has 1 aromatic carbocycles. The van der Waals surface area contributed by atoms with E-state index in [-0.39, 0.29) is 37.0 Å². The molecule has 150 valence electrons. The van der Waals surface area contributed by atoms with Crippen LogP contribution < -0.4 is 10.1 Å². The number of rotatable bonds is 9. The first-order valence-corrected chi connectivity index (χ1v) is 8.52. The Hall–Kier alpha value is -2.84. The Morgan fingerprint density at radius 1 is 1.26 bits per heavy atom. The second-order valence-electron chi connectivity index (χ2n) is 6.58. The maximum Gasteiger partial charge on any atom is 0.407 e. The fraction of sp³-hybridized carbons (Fsp3) is 0.556. The zero-order valence-electron chi connectivity index (χ0n) is 16.3. The molecule has 1 amide bonds. The molecule has 0 aliphatic rings. The van der Waals surface area contributed by atoms with E-state index in [9.17, 15) is 19.7 Å². The number of nitro groups is 1. The highest BCUT2D eigenvalue weighted by molar-refractivity contribution is 5.75. The van der Waals surface area contributed by atoms with Crippen LogP contribution in [0.2, 0.25) is 0 Å². The predicted octanol–water partition coefficient (Wildman–Crippen LogP) is 3.12. The topological polar surface area (TPSA) is 117 Å². The van der Waals surface area contributed by atoms with E-state index < -0.39 is 16.4 Å². The van der Waals surface area contributed by atoms with Gasteiger partial charge < -0.3 is 19.5 Å². The second kappa shape index (κ2) is 9.75. The van der Waals surface area contributed by atoms with Gasteiger partial charge in [0.2, 0.25) is 0 Å². The van der Waals surface area contributed by atoms with Gasteiger partial charge in [0, 0.05) is 0 Å². The molecule has 0 radical (unpaired) electrons. The van der Waals surface area contributed by atoms with Gasteiger partial charge in [-0.15, -0.1) is 0 Å². The number of hydrogen-bond donors (Lipinski definition) is 1. The minimum absolute atomic E-state index is 0.0131. The quantitative estimate of drug-likeness (QED) is 0.302. The molecule has 0 atom stereocenters. The number of nitrogens with zero attached hydrogens (tertiary/aromatic N) is 1. The number of carbonyl (C=O) groups is 2. The van der Waals surface area contributed by atoms with Gasteiger partial charge in [0.05, 0.1) is 35.6 Å². The zero-order chi connectivity index (χ0) is 20.6. The van der Waals surface area contributed by atoms with Gasteiger partial charge >= 0.3 is 12.1 Å². The van der Waals surface area contributed by atoms with E-state index in [2.05, 4.69) is 5.32 Å². The smallest absolute Gasteiger partial charge is 0.407 e. The van der Waals surface area contributed by atoms with Crippen LogP contribution in [0.1, 0.15) is 38.3 Å². The number of nitrogens with one attached hydrogen (secondary N) is 1. The number of carbonyl (C=O) groups excluding carboxylic acids is 2. The Bertz CT molecular complexity index is 701. The largest absolute Gasteiger partial charge is 0.496 e. The summed E-state index contributed by atoms with van der Waals surface area (Å²) >= 11 is 0. The Balaban J connectivity index is 2.52. The third-order valence-corrected chi connectivity index (χ3v) is 4.19. The summed E-state index contributed by atoms with van der Waals surface area (Å²) in [5.41, 5.74) is 0.171. The highest BCUT2D eigenvalue weighted by atomic mass is 16.6. The third kappa shape index (κ3) is 6.43. The molecule has 9 heteroatoms. The molecule has 0 aliphatic carbocycles. The summed E-state index contributed by atoms with van der Waals surface area (Å²) in [6, 6.07) is 2.83. The van der Waals surface area contributed by atoms with Crippen molar-refractivity contribution >= 4 is 17.7 Å². The van der Waals surface area contributed by atoms with Crippen LogP contribution in [0.5, 0.6) is 5.75 Å². The Morgan fingerprint density at radius 3 is 2.48 bits per heavy atom. The fourth-order valence-electron chi connectivity index (χ4n) is 2.07. The van der Waals surface area contributed by atoms with Crippen molar-refractivity contribution in [2.24, 2.45) is 5.41 Å². The molecular formula is C18H26N2O7. The van der Waals surface area contributed by atoms with Crippen molar-refractivity contribution in [3.8, 4) is 5.75 Å². The highest BCUT2D eigenvalue weighted by Gasteiger charge is 2.26. The lowest BCUT2D eigenvalue weighted by Gasteiger charge is -2.20. The summed E-state index contributed by atoms with van der Waals surface area (Å²) in [6.45, 7) is 7.00. The maximum atomic E-state index is 11.8. The van der Waals surface area contributed by atoms with Crippen LogP contribution >= 0.6 is 0 Å². The maximum absolute atomic E-state index is 11.8. The number of nitro benzene ring substituents is 1. The number of amides is 1. The second-order valence-corrected chi connectivity index (χ2v) is 6.58. The number of alkyl carbamates (subject to hydrolysis) is 1. The minimum atomic E-state index is -0.761. The molecule has 9 nitrogen and oxygen atoms in total. The standard InChI is InChI=1S/C18H26N2O7/c1-6-18(3,4)16(21)26-8-7-19-17(22)27-11-13-9-12(2)15(25-5)10-14(13)20(23)24/h9-10H,6-8,11H2,1-5H3,(H,19,22). The highest BCUT2D eigenvalue weighted by Crippen LogP contribution is 2.29. The van der Waals surface area contributed by atoms with Crippen LogP contribution in [0.25, 0.3) is 0 Å². The molecule has 0 aromatic heterocycles. The summed E-state index contributed by atoms with van der Waals surface area (Å²) < 4.78 is 15.2. The zero-order valence-corrected chi connectivity index (χ0v) is 16.3. The Morgan fingerprint density at radius 2 is 1.93 bits per heavy atom. The van der Waals surface area contributed by atoms with Gasteiger partial charge in [0.15, 0.2) is 0 Å².